The molecule has 19 heavy (non-hydrogen) atoms. The molecule has 2 rings (SSSR count). The maximum atomic E-state index is 5.74. The van der Waals surface area contributed by atoms with Crippen LogP contribution in [0.25, 0.3) is 10.2 Å². The Morgan fingerprint density at radius 1 is 1.32 bits per heavy atom. The molecular weight excluding hydrogens is 254 g/mol. The summed E-state index contributed by atoms with van der Waals surface area (Å²) in [5, 5.41) is 1.22. The molecule has 2 heterocycles. The van der Waals surface area contributed by atoms with Gasteiger partial charge in [0, 0.05) is 6.20 Å². The van der Waals surface area contributed by atoms with Crippen molar-refractivity contribution in [2.45, 2.75) is 40.0 Å². The van der Waals surface area contributed by atoms with E-state index in [-0.39, 0.29) is 0 Å². The second-order valence-corrected chi connectivity index (χ2v) is 7.25. The minimum absolute atomic E-state index is 0.317. The van der Waals surface area contributed by atoms with Crippen molar-refractivity contribution in [3.63, 3.8) is 0 Å². The first-order valence-electron chi connectivity index (χ1n) is 6.90. The highest BCUT2D eigenvalue weighted by Gasteiger charge is 2.23. The van der Waals surface area contributed by atoms with Crippen LogP contribution in [0.5, 0.6) is 0 Å². The Hall–Kier alpha value is -1.00. The molecule has 3 nitrogen and oxygen atoms in total. The maximum Gasteiger partial charge on any atom is 0.0998 e. The molecule has 0 aliphatic heterocycles. The van der Waals surface area contributed by atoms with E-state index in [1.807, 2.05) is 18.5 Å². The number of nitrogens with zero attached hydrogens (tertiary/aromatic N) is 2. The third-order valence-corrected chi connectivity index (χ3v) is 4.78. The van der Waals surface area contributed by atoms with Gasteiger partial charge in [-0.05, 0) is 43.2 Å². The lowest BCUT2D eigenvalue weighted by Gasteiger charge is -2.30. The zero-order chi connectivity index (χ0) is 13.9. The van der Waals surface area contributed by atoms with Crippen molar-refractivity contribution in [1.82, 2.24) is 9.97 Å². The molecule has 4 heteroatoms. The quantitative estimate of drug-likeness (QED) is 0.908. The van der Waals surface area contributed by atoms with E-state index in [9.17, 15) is 0 Å². The number of pyridine rings is 1. The molecule has 0 radical (unpaired) electrons. The summed E-state index contributed by atoms with van der Waals surface area (Å²) in [6, 6.07) is 2.04. The fraction of sp³-hybridized carbons (Fsp3) is 0.600. The Morgan fingerprint density at radius 2 is 2.11 bits per heavy atom. The second-order valence-electron chi connectivity index (χ2n) is 6.13. The largest absolute Gasteiger partial charge is 0.330 e. The molecular formula is C15H23N3S. The van der Waals surface area contributed by atoms with E-state index in [1.54, 1.807) is 11.3 Å². The summed E-state index contributed by atoms with van der Waals surface area (Å²) in [4.78, 5) is 8.77. The van der Waals surface area contributed by atoms with Crippen LogP contribution in [0.15, 0.2) is 18.5 Å². The summed E-state index contributed by atoms with van der Waals surface area (Å²) < 4.78 is 1.23. The number of rotatable bonds is 5. The molecule has 0 bridgehead atoms. The maximum absolute atomic E-state index is 5.74. The Kier molecular flexibility index (Phi) is 4.53. The van der Waals surface area contributed by atoms with E-state index in [4.69, 9.17) is 5.73 Å². The molecule has 2 N–H and O–H groups in total. The van der Waals surface area contributed by atoms with E-state index >= 15 is 0 Å². The molecule has 0 amide bonds. The Balaban J connectivity index is 2.04. The van der Waals surface area contributed by atoms with Gasteiger partial charge in [-0.15, -0.1) is 11.3 Å². The summed E-state index contributed by atoms with van der Waals surface area (Å²) in [5.74, 6) is 0.655. The first-order valence-corrected chi connectivity index (χ1v) is 7.72. The predicted molar refractivity (Wildman–Crippen MR) is 82.4 cm³/mol. The molecule has 1 atom stereocenters. The summed E-state index contributed by atoms with van der Waals surface area (Å²) >= 11 is 1.79. The van der Waals surface area contributed by atoms with Crippen LogP contribution in [0.1, 0.15) is 38.6 Å². The third kappa shape index (κ3) is 3.74. The van der Waals surface area contributed by atoms with Crippen LogP contribution in [0.4, 0.5) is 0 Å². The fourth-order valence-corrected chi connectivity index (χ4v) is 3.39. The van der Waals surface area contributed by atoms with Crippen molar-refractivity contribution in [3.05, 3.63) is 23.5 Å². The Labute approximate surface area is 119 Å². The molecule has 0 aromatic carbocycles. The van der Waals surface area contributed by atoms with Gasteiger partial charge in [-0.1, -0.05) is 20.8 Å². The van der Waals surface area contributed by atoms with Crippen molar-refractivity contribution in [3.8, 4) is 0 Å². The molecule has 0 aliphatic rings. The molecule has 0 saturated carbocycles. The van der Waals surface area contributed by atoms with Crippen LogP contribution in [0.2, 0.25) is 0 Å². The SMILES string of the molecule is CC(C)(C)C(CCN)CCc1nc2cnccc2s1. The van der Waals surface area contributed by atoms with E-state index in [0.717, 1.165) is 31.3 Å². The van der Waals surface area contributed by atoms with Gasteiger partial charge < -0.3 is 5.73 Å². The molecule has 2 aromatic rings. The van der Waals surface area contributed by atoms with E-state index in [2.05, 4.69) is 30.7 Å². The van der Waals surface area contributed by atoms with Crippen LogP contribution < -0.4 is 5.73 Å². The minimum Gasteiger partial charge on any atom is -0.330 e. The first kappa shape index (κ1) is 14.4. The normalized spacial score (nSPS) is 13.9. The monoisotopic (exact) mass is 277 g/mol. The number of fused-ring (bicyclic) bond motifs is 1. The van der Waals surface area contributed by atoms with E-state index in [1.165, 1.54) is 9.71 Å². The van der Waals surface area contributed by atoms with Gasteiger partial charge in [0.05, 0.1) is 21.4 Å². The predicted octanol–water partition coefficient (Wildman–Crippen LogP) is 3.64. The first-order chi connectivity index (χ1) is 9.00. The van der Waals surface area contributed by atoms with Crippen molar-refractivity contribution in [2.75, 3.05) is 6.54 Å². The summed E-state index contributed by atoms with van der Waals surface area (Å²) in [5.41, 5.74) is 7.07. The third-order valence-electron chi connectivity index (χ3n) is 3.68. The zero-order valence-electron chi connectivity index (χ0n) is 12.0. The van der Waals surface area contributed by atoms with Gasteiger partial charge in [0.2, 0.25) is 0 Å². The van der Waals surface area contributed by atoms with Crippen molar-refractivity contribution in [2.24, 2.45) is 17.1 Å². The van der Waals surface area contributed by atoms with Gasteiger partial charge in [-0.25, -0.2) is 4.98 Å². The average molecular weight is 277 g/mol. The summed E-state index contributed by atoms with van der Waals surface area (Å²) in [6.45, 7) is 7.67. The second kappa shape index (κ2) is 5.97. The van der Waals surface area contributed by atoms with Crippen LogP contribution in [-0.2, 0) is 6.42 Å². The van der Waals surface area contributed by atoms with Gasteiger partial charge in [0.1, 0.15) is 0 Å². The standard InChI is InChI=1S/C15H23N3S/c1-15(2,3)11(6-8-16)4-5-14-18-12-10-17-9-7-13(12)19-14/h7,9-11H,4-6,8,16H2,1-3H3. The fourth-order valence-electron chi connectivity index (χ4n) is 2.44. The number of hydrogen-bond donors (Lipinski definition) is 1. The van der Waals surface area contributed by atoms with Gasteiger partial charge in [-0.2, -0.15) is 0 Å². The zero-order valence-corrected chi connectivity index (χ0v) is 12.8. The van der Waals surface area contributed by atoms with Crippen molar-refractivity contribution < 1.29 is 0 Å². The molecule has 2 aromatic heterocycles. The lowest BCUT2D eigenvalue weighted by Crippen LogP contribution is -2.24. The highest BCUT2D eigenvalue weighted by atomic mass is 32.1. The van der Waals surface area contributed by atoms with Gasteiger partial charge in [0.15, 0.2) is 0 Å². The number of nitrogens with two attached hydrogens (primary N) is 1. The van der Waals surface area contributed by atoms with Gasteiger partial charge in [-0.3, -0.25) is 4.98 Å². The molecule has 0 saturated heterocycles. The topological polar surface area (TPSA) is 51.8 Å². The summed E-state index contributed by atoms with van der Waals surface area (Å²) in [7, 11) is 0. The Bertz CT molecular complexity index is 494. The highest BCUT2D eigenvalue weighted by molar-refractivity contribution is 7.18. The molecule has 104 valence electrons. The molecule has 0 fully saturated rings. The Morgan fingerprint density at radius 3 is 2.74 bits per heavy atom. The van der Waals surface area contributed by atoms with Crippen LogP contribution >= 0.6 is 11.3 Å². The van der Waals surface area contributed by atoms with Crippen LogP contribution in [0, 0.1) is 11.3 Å². The van der Waals surface area contributed by atoms with Crippen molar-refractivity contribution in [1.29, 1.82) is 0 Å². The lowest BCUT2D eigenvalue weighted by atomic mass is 9.76. The van der Waals surface area contributed by atoms with Crippen LogP contribution in [0.3, 0.4) is 0 Å². The van der Waals surface area contributed by atoms with Crippen LogP contribution in [-0.4, -0.2) is 16.5 Å². The summed E-state index contributed by atoms with van der Waals surface area (Å²) in [6.07, 6.45) is 6.97. The van der Waals surface area contributed by atoms with Gasteiger partial charge >= 0.3 is 0 Å². The molecule has 1 unspecified atom stereocenters. The number of aromatic nitrogens is 2. The van der Waals surface area contributed by atoms with E-state index in [0.29, 0.717) is 11.3 Å². The highest BCUT2D eigenvalue weighted by Crippen LogP contribution is 2.33. The van der Waals surface area contributed by atoms with E-state index < -0.39 is 0 Å². The number of aryl methyl sites for hydroxylation is 1. The van der Waals surface area contributed by atoms with Gasteiger partial charge in [0.25, 0.3) is 0 Å². The molecule has 0 spiro atoms. The van der Waals surface area contributed by atoms with Crippen molar-refractivity contribution >= 4 is 21.6 Å². The molecule has 0 aliphatic carbocycles. The minimum atomic E-state index is 0.317. The lowest BCUT2D eigenvalue weighted by molar-refractivity contribution is 0.215. The smallest absolute Gasteiger partial charge is 0.0998 e. The average Bonchev–Trinajstić information content (AvgIpc) is 2.75. The number of thiazole rings is 1. The number of hydrogen-bond acceptors (Lipinski definition) is 4.